The van der Waals surface area contributed by atoms with Crippen LogP contribution in [0.15, 0.2) is 24.3 Å². The zero-order chi connectivity index (χ0) is 13.2. The van der Waals surface area contributed by atoms with Crippen LogP contribution in [0.4, 0.5) is 0 Å². The molecule has 1 heterocycles. The fraction of sp³-hybridized carbons (Fsp3) is 0.500. The van der Waals surface area contributed by atoms with E-state index >= 15 is 0 Å². The summed E-state index contributed by atoms with van der Waals surface area (Å²) in [5.74, 6) is 0. The molecule has 1 aliphatic carbocycles. The molecule has 0 fully saturated rings. The van der Waals surface area contributed by atoms with Crippen molar-refractivity contribution in [3.63, 3.8) is 0 Å². The molecule has 3 rings (SSSR count). The Morgan fingerprint density at radius 1 is 1.42 bits per heavy atom. The lowest BCUT2D eigenvalue weighted by atomic mass is 9.91. The van der Waals surface area contributed by atoms with Crippen LogP contribution < -0.4 is 5.32 Å². The zero-order valence-electron chi connectivity index (χ0n) is 11.4. The van der Waals surface area contributed by atoms with Crippen molar-refractivity contribution in [2.24, 2.45) is 0 Å². The fourth-order valence-corrected chi connectivity index (χ4v) is 3.04. The van der Waals surface area contributed by atoms with Gasteiger partial charge in [-0.1, -0.05) is 25.1 Å². The summed E-state index contributed by atoms with van der Waals surface area (Å²) in [6, 6.07) is 8.89. The number of H-pyrrole nitrogens is 1. The number of aliphatic hydroxyl groups excluding tert-OH is 1. The lowest BCUT2D eigenvalue weighted by Gasteiger charge is -2.25. The summed E-state index contributed by atoms with van der Waals surface area (Å²) in [6.07, 6.45) is 4.09. The quantitative estimate of drug-likeness (QED) is 0.789. The Balaban J connectivity index is 1.87. The highest BCUT2D eigenvalue weighted by molar-refractivity contribution is 5.85. The van der Waals surface area contributed by atoms with Crippen LogP contribution in [0.5, 0.6) is 0 Å². The van der Waals surface area contributed by atoms with Crippen LogP contribution in [0.3, 0.4) is 0 Å². The highest BCUT2D eigenvalue weighted by atomic mass is 16.3. The van der Waals surface area contributed by atoms with Gasteiger partial charge in [-0.2, -0.15) is 0 Å². The van der Waals surface area contributed by atoms with Crippen molar-refractivity contribution in [3.05, 3.63) is 35.5 Å². The molecule has 3 N–H and O–H groups in total. The number of aromatic amines is 1. The third kappa shape index (κ3) is 2.40. The molecule has 1 aromatic heterocycles. The standard InChI is InChI=1S/C16H22N2O/c1-2-11(19)10-17-15-9-5-7-13-12-6-3-4-8-14(12)18-16(13)15/h3-4,6,8,11,15,17-19H,2,5,7,9-10H2,1H3. The molecule has 1 aliphatic rings. The number of aliphatic hydroxyl groups is 1. The van der Waals surface area contributed by atoms with Crippen LogP contribution >= 0.6 is 0 Å². The summed E-state index contributed by atoms with van der Waals surface area (Å²) >= 11 is 0. The van der Waals surface area contributed by atoms with Gasteiger partial charge in [0.15, 0.2) is 0 Å². The summed E-state index contributed by atoms with van der Waals surface area (Å²) in [7, 11) is 0. The van der Waals surface area contributed by atoms with Crippen molar-refractivity contribution in [1.29, 1.82) is 0 Å². The van der Waals surface area contributed by atoms with Gasteiger partial charge in [0.05, 0.1) is 6.10 Å². The first-order valence-electron chi connectivity index (χ1n) is 7.30. The number of hydrogen-bond donors (Lipinski definition) is 3. The van der Waals surface area contributed by atoms with E-state index in [-0.39, 0.29) is 6.10 Å². The van der Waals surface area contributed by atoms with Crippen molar-refractivity contribution < 1.29 is 5.11 Å². The van der Waals surface area contributed by atoms with Crippen molar-refractivity contribution in [1.82, 2.24) is 10.3 Å². The Hall–Kier alpha value is -1.32. The number of benzene rings is 1. The number of aryl methyl sites for hydroxylation is 1. The van der Waals surface area contributed by atoms with Gasteiger partial charge in [-0.25, -0.2) is 0 Å². The second-order valence-electron chi connectivity index (χ2n) is 5.48. The van der Waals surface area contributed by atoms with E-state index in [1.165, 1.54) is 28.6 Å². The maximum atomic E-state index is 9.70. The van der Waals surface area contributed by atoms with E-state index in [2.05, 4.69) is 34.6 Å². The highest BCUT2D eigenvalue weighted by Gasteiger charge is 2.23. The van der Waals surface area contributed by atoms with E-state index in [9.17, 15) is 5.11 Å². The Labute approximate surface area is 114 Å². The molecule has 1 aromatic carbocycles. The molecule has 19 heavy (non-hydrogen) atoms. The first-order chi connectivity index (χ1) is 9.29. The average Bonchev–Trinajstić information content (AvgIpc) is 2.84. The molecule has 3 nitrogen and oxygen atoms in total. The van der Waals surface area contributed by atoms with Crippen molar-refractivity contribution in [3.8, 4) is 0 Å². The lowest BCUT2D eigenvalue weighted by molar-refractivity contribution is 0.161. The minimum atomic E-state index is -0.241. The number of para-hydroxylation sites is 1. The van der Waals surface area contributed by atoms with Gasteiger partial charge in [-0.15, -0.1) is 0 Å². The van der Waals surface area contributed by atoms with Gasteiger partial charge in [0, 0.05) is 29.2 Å². The molecule has 0 saturated heterocycles. The SMILES string of the molecule is CCC(O)CNC1CCCc2c1[nH]c1ccccc21. The molecule has 102 valence electrons. The summed E-state index contributed by atoms with van der Waals surface area (Å²) in [5.41, 5.74) is 4.03. The van der Waals surface area contributed by atoms with Crippen molar-refractivity contribution in [2.75, 3.05) is 6.54 Å². The van der Waals surface area contributed by atoms with E-state index in [4.69, 9.17) is 0 Å². The second-order valence-corrected chi connectivity index (χ2v) is 5.48. The Bertz CT molecular complexity index is 561. The van der Waals surface area contributed by atoms with Crippen LogP contribution in [0.1, 0.15) is 43.5 Å². The molecule has 3 heteroatoms. The topological polar surface area (TPSA) is 48.0 Å². The van der Waals surface area contributed by atoms with E-state index < -0.39 is 0 Å². The van der Waals surface area contributed by atoms with Gasteiger partial charge in [0.1, 0.15) is 0 Å². The lowest BCUT2D eigenvalue weighted by Crippen LogP contribution is -2.32. The van der Waals surface area contributed by atoms with E-state index in [1.54, 1.807) is 0 Å². The number of nitrogens with one attached hydrogen (secondary N) is 2. The highest BCUT2D eigenvalue weighted by Crippen LogP contribution is 2.34. The molecule has 2 unspecified atom stereocenters. The first kappa shape index (κ1) is 12.7. The van der Waals surface area contributed by atoms with Crippen molar-refractivity contribution in [2.45, 2.75) is 44.8 Å². The Kier molecular flexibility index (Phi) is 3.58. The minimum Gasteiger partial charge on any atom is -0.392 e. The molecule has 0 aliphatic heterocycles. The molecule has 0 saturated carbocycles. The van der Waals surface area contributed by atoms with Gasteiger partial charge in [-0.05, 0) is 37.3 Å². The maximum absolute atomic E-state index is 9.70. The zero-order valence-corrected chi connectivity index (χ0v) is 11.4. The summed E-state index contributed by atoms with van der Waals surface area (Å²) in [5, 5.41) is 14.6. The van der Waals surface area contributed by atoms with Crippen LogP contribution in [0, 0.1) is 0 Å². The monoisotopic (exact) mass is 258 g/mol. The minimum absolute atomic E-state index is 0.241. The van der Waals surface area contributed by atoms with Gasteiger partial charge in [-0.3, -0.25) is 0 Å². The predicted octanol–water partition coefficient (Wildman–Crippen LogP) is 2.91. The molecule has 0 spiro atoms. The van der Waals surface area contributed by atoms with E-state index in [0.717, 1.165) is 19.3 Å². The maximum Gasteiger partial charge on any atom is 0.0662 e. The van der Waals surface area contributed by atoms with Crippen molar-refractivity contribution >= 4 is 10.9 Å². The molecule has 0 bridgehead atoms. The number of rotatable bonds is 4. The third-order valence-corrected chi connectivity index (χ3v) is 4.19. The smallest absolute Gasteiger partial charge is 0.0662 e. The summed E-state index contributed by atoms with van der Waals surface area (Å²) in [4.78, 5) is 3.56. The first-order valence-corrected chi connectivity index (χ1v) is 7.30. The van der Waals surface area contributed by atoms with Crippen LogP contribution in [-0.4, -0.2) is 22.7 Å². The van der Waals surface area contributed by atoms with E-state index in [0.29, 0.717) is 12.6 Å². The molecule has 2 aromatic rings. The molecule has 2 atom stereocenters. The average molecular weight is 258 g/mol. The Morgan fingerprint density at radius 2 is 2.26 bits per heavy atom. The largest absolute Gasteiger partial charge is 0.392 e. The van der Waals surface area contributed by atoms with Crippen LogP contribution in [0.2, 0.25) is 0 Å². The normalized spacial score (nSPS) is 20.4. The Morgan fingerprint density at radius 3 is 3.11 bits per heavy atom. The van der Waals surface area contributed by atoms with Gasteiger partial charge >= 0.3 is 0 Å². The van der Waals surface area contributed by atoms with E-state index in [1.807, 2.05) is 6.92 Å². The molecular formula is C16H22N2O. The van der Waals surface area contributed by atoms with Gasteiger partial charge < -0.3 is 15.4 Å². The summed E-state index contributed by atoms with van der Waals surface area (Å²) in [6.45, 7) is 2.69. The fourth-order valence-electron chi connectivity index (χ4n) is 3.04. The van der Waals surface area contributed by atoms with Gasteiger partial charge in [0.2, 0.25) is 0 Å². The van der Waals surface area contributed by atoms with Gasteiger partial charge in [0.25, 0.3) is 0 Å². The molecule has 0 radical (unpaired) electrons. The molecule has 0 amide bonds. The number of fused-ring (bicyclic) bond motifs is 3. The third-order valence-electron chi connectivity index (χ3n) is 4.19. The molecular weight excluding hydrogens is 236 g/mol. The predicted molar refractivity (Wildman–Crippen MR) is 78.3 cm³/mol. The number of aromatic nitrogens is 1. The van der Waals surface area contributed by atoms with Crippen LogP contribution in [0.25, 0.3) is 10.9 Å². The number of hydrogen-bond acceptors (Lipinski definition) is 2. The summed E-state index contributed by atoms with van der Waals surface area (Å²) < 4.78 is 0. The second kappa shape index (κ2) is 5.35. The van der Waals surface area contributed by atoms with Crippen LogP contribution in [-0.2, 0) is 6.42 Å².